The maximum Gasteiger partial charge on any atom is 0.383 e. The van der Waals surface area contributed by atoms with Crippen LogP contribution in [0.1, 0.15) is 17.5 Å². The average molecular weight is 389 g/mol. The number of hydrogen-bond donors (Lipinski definition) is 0. The average Bonchev–Trinajstić information content (AvgIpc) is 2.90. The Hall–Kier alpha value is -2.38. The van der Waals surface area contributed by atoms with Crippen LogP contribution in [0.4, 0.5) is 0 Å². The van der Waals surface area contributed by atoms with E-state index in [1.165, 1.54) is 0 Å². The molecule has 6 nitrogen and oxygen atoms in total. The molecule has 7 heteroatoms. The van der Waals surface area contributed by atoms with E-state index in [0.29, 0.717) is 0 Å². The molecule has 2 unspecified atom stereocenters. The molecule has 1 fully saturated rings. The Morgan fingerprint density at radius 1 is 0.963 bits per heavy atom. The van der Waals surface area contributed by atoms with Gasteiger partial charge in [0.2, 0.25) is 0 Å². The van der Waals surface area contributed by atoms with Crippen LogP contribution >= 0.6 is 11.6 Å². The van der Waals surface area contributed by atoms with E-state index in [0.717, 1.165) is 11.1 Å². The lowest BCUT2D eigenvalue weighted by Gasteiger charge is -2.24. The van der Waals surface area contributed by atoms with Crippen molar-refractivity contribution in [3.63, 3.8) is 0 Å². The van der Waals surface area contributed by atoms with Crippen molar-refractivity contribution in [2.24, 2.45) is 0 Å². The number of carbonyl (C=O) groups excluding carboxylic acids is 3. The van der Waals surface area contributed by atoms with Gasteiger partial charge in [-0.2, -0.15) is 4.84 Å². The zero-order chi connectivity index (χ0) is 19.3. The van der Waals surface area contributed by atoms with Crippen LogP contribution in [0, 0.1) is 0 Å². The molecule has 1 aliphatic heterocycles. The molecule has 0 N–H and O–H groups in total. The molecule has 1 heterocycles. The highest BCUT2D eigenvalue weighted by molar-refractivity contribution is 6.64. The highest BCUT2D eigenvalue weighted by Crippen LogP contribution is 2.28. The molecule has 2 amide bonds. The van der Waals surface area contributed by atoms with Crippen LogP contribution in [0.5, 0.6) is 0 Å². The smallest absolute Gasteiger partial charge is 0.358 e. The van der Waals surface area contributed by atoms with Gasteiger partial charge in [0.15, 0.2) is 12.6 Å². The predicted molar refractivity (Wildman–Crippen MR) is 96.9 cm³/mol. The van der Waals surface area contributed by atoms with Gasteiger partial charge in [-0.3, -0.25) is 4.79 Å². The summed E-state index contributed by atoms with van der Waals surface area (Å²) in [6, 6.07) is 18.4. The van der Waals surface area contributed by atoms with Gasteiger partial charge < -0.3 is 4.74 Å². The number of halogens is 1. The van der Waals surface area contributed by atoms with E-state index >= 15 is 0 Å². The topological polar surface area (TPSA) is 69.7 Å². The second kappa shape index (κ2) is 8.54. The first-order valence-electron chi connectivity index (χ1n) is 8.49. The van der Waals surface area contributed by atoms with Crippen molar-refractivity contribution in [2.75, 3.05) is 6.54 Å². The van der Waals surface area contributed by atoms with Gasteiger partial charge in [0, 0.05) is 0 Å². The number of rotatable bonds is 8. The molecule has 2 aromatic rings. The minimum Gasteiger partial charge on any atom is -0.358 e. The predicted octanol–water partition coefficient (Wildman–Crippen LogP) is 2.74. The Morgan fingerprint density at radius 3 is 2.07 bits per heavy atom. The Labute approximate surface area is 161 Å². The van der Waals surface area contributed by atoms with Crippen molar-refractivity contribution >= 4 is 28.7 Å². The summed E-state index contributed by atoms with van der Waals surface area (Å²) >= 11 is 5.50. The molecule has 27 heavy (non-hydrogen) atoms. The lowest BCUT2D eigenvalue weighted by molar-refractivity contribution is -0.974. The van der Waals surface area contributed by atoms with Gasteiger partial charge in [0.05, 0.1) is 6.61 Å². The molecule has 1 saturated heterocycles. The fourth-order valence-corrected chi connectivity index (χ4v) is 3.10. The van der Waals surface area contributed by atoms with Gasteiger partial charge in [-0.25, -0.2) is 9.59 Å². The largest absolute Gasteiger partial charge is 0.383 e. The van der Waals surface area contributed by atoms with E-state index in [2.05, 4.69) is 0 Å². The van der Waals surface area contributed by atoms with Crippen LogP contribution in [0.25, 0.3) is 0 Å². The molecule has 0 aromatic heterocycles. The monoisotopic (exact) mass is 388 g/mol. The van der Waals surface area contributed by atoms with E-state index in [9.17, 15) is 14.4 Å². The summed E-state index contributed by atoms with van der Waals surface area (Å²) in [5, 5.41) is -0.825. The van der Waals surface area contributed by atoms with Crippen LogP contribution in [0.2, 0.25) is 0 Å². The third kappa shape index (κ3) is 4.48. The SMILES string of the molecule is O=C(Cl)C[N+]1(OCc2ccccc2)C(=O)CC(OCc2ccccc2)C1=O. The van der Waals surface area contributed by atoms with Gasteiger partial charge in [0.25, 0.3) is 5.24 Å². The first-order valence-corrected chi connectivity index (χ1v) is 8.87. The molecule has 0 spiro atoms. The summed E-state index contributed by atoms with van der Waals surface area (Å²) in [5.74, 6) is -1.15. The number of benzene rings is 2. The molecule has 0 aliphatic carbocycles. The van der Waals surface area contributed by atoms with Crippen molar-refractivity contribution in [2.45, 2.75) is 25.7 Å². The van der Waals surface area contributed by atoms with Crippen LogP contribution in [0.15, 0.2) is 60.7 Å². The summed E-state index contributed by atoms with van der Waals surface area (Å²) in [6.07, 6.45) is -1.14. The summed E-state index contributed by atoms with van der Waals surface area (Å²) < 4.78 is 4.57. The number of hydroxylamine groups is 3. The summed E-state index contributed by atoms with van der Waals surface area (Å²) in [4.78, 5) is 42.7. The van der Waals surface area contributed by atoms with Crippen LogP contribution < -0.4 is 0 Å². The molecule has 0 radical (unpaired) electrons. The molecule has 0 bridgehead atoms. The molecular weight excluding hydrogens is 370 g/mol. The second-order valence-electron chi connectivity index (χ2n) is 6.23. The highest BCUT2D eigenvalue weighted by atomic mass is 35.5. The summed E-state index contributed by atoms with van der Waals surface area (Å²) in [7, 11) is 0. The van der Waals surface area contributed by atoms with Crippen molar-refractivity contribution in [1.82, 2.24) is 0 Å². The molecular formula is C20H19ClNO5+. The molecule has 140 valence electrons. The molecule has 3 rings (SSSR count). The standard InChI is InChI=1S/C20H19ClNO5/c21-18(23)12-22(27-14-16-9-5-2-6-10-16)19(24)11-17(20(22)25)26-13-15-7-3-1-4-8-15/h1-10,17H,11-14H2/q+1. The van der Waals surface area contributed by atoms with Crippen LogP contribution in [-0.4, -0.2) is 34.4 Å². The third-order valence-electron chi connectivity index (χ3n) is 4.33. The maximum atomic E-state index is 12.9. The van der Waals surface area contributed by atoms with E-state index in [1.54, 1.807) is 12.1 Å². The van der Waals surface area contributed by atoms with Crippen LogP contribution in [-0.2, 0) is 37.2 Å². The quantitative estimate of drug-likeness (QED) is 0.395. The lowest BCUT2D eigenvalue weighted by atomic mass is 10.2. The maximum absolute atomic E-state index is 12.9. The van der Waals surface area contributed by atoms with E-state index < -0.39 is 34.4 Å². The first kappa shape index (κ1) is 19.4. The number of quaternary nitrogens is 1. The fourth-order valence-electron chi connectivity index (χ4n) is 2.93. The van der Waals surface area contributed by atoms with E-state index in [4.69, 9.17) is 21.2 Å². The Bertz CT molecular complexity index is 827. The highest BCUT2D eigenvalue weighted by Gasteiger charge is 2.60. The third-order valence-corrected chi connectivity index (χ3v) is 4.45. The van der Waals surface area contributed by atoms with Crippen molar-refractivity contribution in [3.05, 3.63) is 71.8 Å². The number of nitrogens with zero attached hydrogens (tertiary/aromatic N) is 1. The lowest BCUT2D eigenvalue weighted by Crippen LogP contribution is -2.55. The fraction of sp³-hybridized carbons (Fsp3) is 0.250. The Kier molecular flexibility index (Phi) is 6.13. The van der Waals surface area contributed by atoms with E-state index in [-0.39, 0.29) is 19.6 Å². The van der Waals surface area contributed by atoms with Gasteiger partial charge >= 0.3 is 11.8 Å². The zero-order valence-corrected chi connectivity index (χ0v) is 15.3. The number of ether oxygens (including phenoxy) is 1. The van der Waals surface area contributed by atoms with Gasteiger partial charge in [0.1, 0.15) is 13.0 Å². The van der Waals surface area contributed by atoms with Crippen molar-refractivity contribution < 1.29 is 28.6 Å². The van der Waals surface area contributed by atoms with E-state index in [1.807, 2.05) is 48.5 Å². The number of imide groups is 1. The number of carbonyl (C=O) groups is 3. The normalized spacial score (nSPS) is 22.2. The first-order chi connectivity index (χ1) is 13.0. The molecule has 0 saturated carbocycles. The van der Waals surface area contributed by atoms with Gasteiger partial charge in [-0.05, 0) is 27.4 Å². The number of hydrogen-bond acceptors (Lipinski definition) is 5. The summed E-state index contributed by atoms with van der Waals surface area (Å²) in [5.41, 5.74) is 1.65. The number of likely N-dealkylation sites (tertiary alicyclic amines) is 1. The van der Waals surface area contributed by atoms with Crippen LogP contribution in [0.3, 0.4) is 0 Å². The Balaban J connectivity index is 1.74. The minimum atomic E-state index is -1.07. The Morgan fingerprint density at radius 2 is 1.52 bits per heavy atom. The molecule has 1 aliphatic rings. The minimum absolute atomic E-state index is 0.00606. The second-order valence-corrected chi connectivity index (χ2v) is 6.65. The van der Waals surface area contributed by atoms with Gasteiger partial charge in [-0.1, -0.05) is 60.7 Å². The molecule has 2 atom stereocenters. The molecule has 2 aromatic carbocycles. The van der Waals surface area contributed by atoms with Crippen molar-refractivity contribution in [1.29, 1.82) is 0 Å². The number of amides is 2. The van der Waals surface area contributed by atoms with Crippen molar-refractivity contribution in [3.8, 4) is 0 Å². The van der Waals surface area contributed by atoms with Gasteiger partial charge in [-0.15, -0.1) is 0 Å². The zero-order valence-electron chi connectivity index (χ0n) is 14.5. The summed E-state index contributed by atoms with van der Waals surface area (Å²) in [6.45, 7) is -0.386.